The van der Waals surface area contributed by atoms with Gasteiger partial charge in [0.2, 0.25) is 0 Å². The van der Waals surface area contributed by atoms with Crippen molar-refractivity contribution in [3.05, 3.63) is 46.6 Å². The molecule has 0 bridgehead atoms. The van der Waals surface area contributed by atoms with E-state index in [2.05, 4.69) is 27.0 Å². The van der Waals surface area contributed by atoms with Gasteiger partial charge >= 0.3 is 0 Å². The SMILES string of the molecule is N#Cc1cc(-c2ccccc2)[nH]c1Br. The molecule has 0 aliphatic rings. The van der Waals surface area contributed by atoms with E-state index in [1.165, 1.54) is 0 Å². The van der Waals surface area contributed by atoms with Crippen LogP contribution >= 0.6 is 15.9 Å². The Kier molecular flexibility index (Phi) is 2.38. The molecule has 2 nitrogen and oxygen atoms in total. The van der Waals surface area contributed by atoms with Crippen molar-refractivity contribution >= 4 is 15.9 Å². The molecule has 3 heteroatoms. The second-order valence-corrected chi connectivity index (χ2v) is 3.68. The molecule has 1 N–H and O–H groups in total. The highest BCUT2D eigenvalue weighted by Gasteiger charge is 2.05. The second-order valence-electron chi connectivity index (χ2n) is 2.89. The van der Waals surface area contributed by atoms with E-state index < -0.39 is 0 Å². The number of hydrogen-bond donors (Lipinski definition) is 1. The van der Waals surface area contributed by atoms with Gasteiger partial charge in [-0.1, -0.05) is 30.3 Å². The van der Waals surface area contributed by atoms with Gasteiger partial charge in [0.25, 0.3) is 0 Å². The van der Waals surface area contributed by atoms with Crippen molar-refractivity contribution in [1.82, 2.24) is 4.98 Å². The Morgan fingerprint density at radius 3 is 2.50 bits per heavy atom. The number of halogens is 1. The van der Waals surface area contributed by atoms with Crippen LogP contribution in [0, 0.1) is 11.3 Å². The third kappa shape index (κ3) is 1.57. The van der Waals surface area contributed by atoms with Crippen LogP contribution in [0.15, 0.2) is 41.0 Å². The average Bonchev–Trinajstić information content (AvgIpc) is 2.61. The maximum Gasteiger partial charge on any atom is 0.102 e. The molecule has 0 spiro atoms. The molecule has 0 aliphatic heterocycles. The van der Waals surface area contributed by atoms with Gasteiger partial charge in [0.15, 0.2) is 0 Å². The van der Waals surface area contributed by atoms with Gasteiger partial charge in [0.05, 0.1) is 5.56 Å². The number of aromatic nitrogens is 1. The van der Waals surface area contributed by atoms with Crippen LogP contribution in [0.2, 0.25) is 0 Å². The molecule has 0 atom stereocenters. The first-order chi connectivity index (χ1) is 6.81. The Hall–Kier alpha value is -1.53. The number of aromatic amines is 1. The van der Waals surface area contributed by atoms with E-state index >= 15 is 0 Å². The summed E-state index contributed by atoms with van der Waals surface area (Å²) in [6.07, 6.45) is 0. The molecule has 0 fully saturated rings. The van der Waals surface area contributed by atoms with Gasteiger partial charge in [-0.2, -0.15) is 5.26 Å². The van der Waals surface area contributed by atoms with Crippen LogP contribution in [0.4, 0.5) is 0 Å². The lowest BCUT2D eigenvalue weighted by Crippen LogP contribution is -1.74. The monoisotopic (exact) mass is 246 g/mol. The highest BCUT2D eigenvalue weighted by Crippen LogP contribution is 2.24. The summed E-state index contributed by atoms with van der Waals surface area (Å²) in [5.74, 6) is 0. The van der Waals surface area contributed by atoms with Crippen LogP contribution in [0.25, 0.3) is 11.3 Å². The van der Waals surface area contributed by atoms with E-state index in [9.17, 15) is 0 Å². The van der Waals surface area contributed by atoms with Crippen LogP contribution in [-0.4, -0.2) is 4.98 Å². The molecule has 1 heterocycles. The third-order valence-corrected chi connectivity index (χ3v) is 2.60. The minimum absolute atomic E-state index is 0.629. The number of nitriles is 1. The van der Waals surface area contributed by atoms with Crippen molar-refractivity contribution in [2.24, 2.45) is 0 Å². The quantitative estimate of drug-likeness (QED) is 0.824. The summed E-state index contributed by atoms with van der Waals surface area (Å²) in [4.78, 5) is 3.11. The molecule has 68 valence electrons. The maximum absolute atomic E-state index is 8.78. The first kappa shape index (κ1) is 9.04. The van der Waals surface area contributed by atoms with E-state index in [1.807, 2.05) is 36.4 Å². The van der Waals surface area contributed by atoms with Gasteiger partial charge in [-0.25, -0.2) is 0 Å². The molecular formula is C11H7BrN2. The molecule has 1 aromatic heterocycles. The van der Waals surface area contributed by atoms with Crippen LogP contribution in [0.5, 0.6) is 0 Å². The number of nitrogens with zero attached hydrogens (tertiary/aromatic N) is 1. The standard InChI is InChI=1S/C11H7BrN2/c12-11-9(7-13)6-10(14-11)8-4-2-1-3-5-8/h1-6,14H. The fourth-order valence-corrected chi connectivity index (χ4v) is 1.70. The number of nitrogens with one attached hydrogen (secondary N) is 1. The van der Waals surface area contributed by atoms with Crippen LogP contribution in [-0.2, 0) is 0 Å². The molecule has 0 unspecified atom stereocenters. The smallest absolute Gasteiger partial charge is 0.102 e. The first-order valence-electron chi connectivity index (χ1n) is 4.15. The zero-order chi connectivity index (χ0) is 9.97. The number of rotatable bonds is 1. The number of H-pyrrole nitrogens is 1. The predicted molar refractivity (Wildman–Crippen MR) is 58.6 cm³/mol. The fourth-order valence-electron chi connectivity index (χ4n) is 1.28. The van der Waals surface area contributed by atoms with Gasteiger partial charge in [-0.05, 0) is 27.6 Å². The van der Waals surface area contributed by atoms with Crippen LogP contribution in [0.3, 0.4) is 0 Å². The minimum Gasteiger partial charge on any atom is -0.348 e. The van der Waals surface area contributed by atoms with E-state index in [4.69, 9.17) is 5.26 Å². The minimum atomic E-state index is 0.629. The zero-order valence-corrected chi connectivity index (χ0v) is 8.88. The van der Waals surface area contributed by atoms with Crippen molar-refractivity contribution in [3.8, 4) is 17.3 Å². The molecule has 0 saturated carbocycles. The highest BCUT2D eigenvalue weighted by molar-refractivity contribution is 9.10. The topological polar surface area (TPSA) is 39.6 Å². The molecule has 0 amide bonds. The van der Waals surface area contributed by atoms with Crippen molar-refractivity contribution in [3.63, 3.8) is 0 Å². The predicted octanol–water partition coefficient (Wildman–Crippen LogP) is 3.32. The first-order valence-corrected chi connectivity index (χ1v) is 4.94. The molecule has 0 saturated heterocycles. The maximum atomic E-state index is 8.78. The molecule has 2 rings (SSSR count). The van der Waals surface area contributed by atoms with Gasteiger partial charge in [-0.15, -0.1) is 0 Å². The lowest BCUT2D eigenvalue weighted by Gasteiger charge is -1.94. The second kappa shape index (κ2) is 3.69. The molecule has 2 aromatic rings. The van der Waals surface area contributed by atoms with E-state index in [-0.39, 0.29) is 0 Å². The van der Waals surface area contributed by atoms with Crippen LogP contribution in [0.1, 0.15) is 5.56 Å². The van der Waals surface area contributed by atoms with Crippen molar-refractivity contribution in [2.75, 3.05) is 0 Å². The van der Waals surface area contributed by atoms with E-state index in [0.717, 1.165) is 15.9 Å². The van der Waals surface area contributed by atoms with Crippen molar-refractivity contribution in [2.45, 2.75) is 0 Å². The van der Waals surface area contributed by atoms with Crippen molar-refractivity contribution < 1.29 is 0 Å². The lowest BCUT2D eigenvalue weighted by molar-refractivity contribution is 1.34. The molecule has 14 heavy (non-hydrogen) atoms. The molecular weight excluding hydrogens is 240 g/mol. The Labute approximate surface area is 90.3 Å². The Bertz CT molecular complexity index is 480. The van der Waals surface area contributed by atoms with Gasteiger partial charge in [-0.3, -0.25) is 0 Å². The normalized spacial score (nSPS) is 9.71. The lowest BCUT2D eigenvalue weighted by atomic mass is 10.1. The van der Waals surface area contributed by atoms with Crippen molar-refractivity contribution in [1.29, 1.82) is 5.26 Å². The highest BCUT2D eigenvalue weighted by atomic mass is 79.9. The summed E-state index contributed by atoms with van der Waals surface area (Å²) in [6.45, 7) is 0. The van der Waals surface area contributed by atoms with E-state index in [0.29, 0.717) is 5.56 Å². The fraction of sp³-hybridized carbons (Fsp3) is 0. The largest absolute Gasteiger partial charge is 0.348 e. The summed E-state index contributed by atoms with van der Waals surface area (Å²) >= 11 is 3.30. The zero-order valence-electron chi connectivity index (χ0n) is 7.29. The average molecular weight is 247 g/mol. The molecule has 0 radical (unpaired) electrons. The molecule has 0 aliphatic carbocycles. The summed E-state index contributed by atoms with van der Waals surface area (Å²) in [5, 5.41) is 8.78. The van der Waals surface area contributed by atoms with Gasteiger partial charge in [0, 0.05) is 5.69 Å². The van der Waals surface area contributed by atoms with Gasteiger partial charge in [0.1, 0.15) is 10.7 Å². The summed E-state index contributed by atoms with van der Waals surface area (Å²) in [7, 11) is 0. The number of benzene rings is 1. The van der Waals surface area contributed by atoms with Crippen LogP contribution < -0.4 is 0 Å². The summed E-state index contributed by atoms with van der Waals surface area (Å²) < 4.78 is 0.735. The third-order valence-electron chi connectivity index (χ3n) is 1.97. The Morgan fingerprint density at radius 2 is 1.93 bits per heavy atom. The summed E-state index contributed by atoms with van der Waals surface area (Å²) in [6, 6.07) is 13.8. The van der Waals surface area contributed by atoms with E-state index in [1.54, 1.807) is 0 Å². The Morgan fingerprint density at radius 1 is 1.21 bits per heavy atom. The number of hydrogen-bond acceptors (Lipinski definition) is 1. The summed E-state index contributed by atoms with van der Waals surface area (Å²) in [5.41, 5.74) is 2.66. The Balaban J connectivity index is 2.50. The van der Waals surface area contributed by atoms with Gasteiger partial charge < -0.3 is 4.98 Å². The molecule has 1 aromatic carbocycles.